The molecule has 3 amide bonds. The van der Waals surface area contributed by atoms with Crippen molar-refractivity contribution in [1.29, 1.82) is 0 Å². The van der Waals surface area contributed by atoms with Gasteiger partial charge in [-0.1, -0.05) is 18.2 Å². The molecular formula is C22H31N5O7S. The summed E-state index contributed by atoms with van der Waals surface area (Å²) in [5.74, 6) is -3.94. The zero-order valence-corrected chi connectivity index (χ0v) is 20.2. The minimum absolute atomic E-state index is 0.00149. The maximum absolute atomic E-state index is 13.0. The molecule has 0 saturated heterocycles. The molecule has 0 bridgehead atoms. The molecule has 0 radical (unpaired) electrons. The van der Waals surface area contributed by atoms with E-state index in [1.807, 2.05) is 18.2 Å². The normalized spacial score (nSPS) is 16.4. The molecule has 6 unspecified atom stereocenters. The van der Waals surface area contributed by atoms with E-state index in [2.05, 4.69) is 33.6 Å². The number of nitrogens with one attached hydrogen (secondary N) is 4. The Morgan fingerprint density at radius 3 is 2.14 bits per heavy atom. The monoisotopic (exact) mass is 509 g/mol. The van der Waals surface area contributed by atoms with Crippen molar-refractivity contribution >= 4 is 47.2 Å². The lowest BCUT2D eigenvalue weighted by Crippen LogP contribution is -2.61. The second-order valence-electron chi connectivity index (χ2n) is 8.21. The highest BCUT2D eigenvalue weighted by Gasteiger charge is 2.33. The lowest BCUT2D eigenvalue weighted by atomic mass is 10.0. The number of hydrogen-bond acceptors (Lipinski definition) is 8. The Kier molecular flexibility index (Phi) is 10.1. The first-order valence-corrected chi connectivity index (χ1v) is 11.5. The molecule has 9 N–H and O–H groups in total. The van der Waals surface area contributed by atoms with Crippen LogP contribution in [-0.2, 0) is 25.6 Å². The van der Waals surface area contributed by atoms with E-state index in [0.717, 1.165) is 10.9 Å². The van der Waals surface area contributed by atoms with Gasteiger partial charge < -0.3 is 42.0 Å². The van der Waals surface area contributed by atoms with E-state index < -0.39 is 60.1 Å². The summed E-state index contributed by atoms with van der Waals surface area (Å²) < 4.78 is 0. The second-order valence-corrected chi connectivity index (χ2v) is 8.57. The summed E-state index contributed by atoms with van der Waals surface area (Å²) in [6.07, 6.45) is -1.15. The molecule has 0 aliphatic heterocycles. The van der Waals surface area contributed by atoms with Crippen LogP contribution in [0.5, 0.6) is 0 Å². The van der Waals surface area contributed by atoms with Crippen molar-refractivity contribution in [1.82, 2.24) is 20.9 Å². The van der Waals surface area contributed by atoms with Gasteiger partial charge in [-0.25, -0.2) is 4.79 Å². The van der Waals surface area contributed by atoms with Crippen LogP contribution in [0.1, 0.15) is 19.4 Å². The van der Waals surface area contributed by atoms with Crippen molar-refractivity contribution in [3.63, 3.8) is 0 Å². The summed E-state index contributed by atoms with van der Waals surface area (Å²) in [7, 11) is 0. The second kappa shape index (κ2) is 12.5. The van der Waals surface area contributed by atoms with Crippen LogP contribution in [0.25, 0.3) is 10.9 Å². The fraction of sp³-hybridized carbons (Fsp3) is 0.455. The minimum atomic E-state index is -1.62. The number of aromatic nitrogens is 1. The zero-order chi connectivity index (χ0) is 26.3. The Balaban J connectivity index is 2.32. The maximum Gasteiger partial charge on any atom is 0.328 e. The topological polar surface area (TPSA) is 207 Å². The van der Waals surface area contributed by atoms with Gasteiger partial charge >= 0.3 is 5.97 Å². The third-order valence-electron chi connectivity index (χ3n) is 5.37. The number of aliphatic hydroxyl groups is 2. The molecule has 1 aromatic carbocycles. The van der Waals surface area contributed by atoms with Gasteiger partial charge in [0, 0.05) is 29.3 Å². The molecule has 0 fully saturated rings. The maximum atomic E-state index is 13.0. The van der Waals surface area contributed by atoms with Crippen LogP contribution in [0.3, 0.4) is 0 Å². The summed E-state index contributed by atoms with van der Waals surface area (Å²) >= 11 is 3.93. The van der Waals surface area contributed by atoms with Crippen LogP contribution < -0.4 is 21.7 Å². The van der Waals surface area contributed by atoms with Gasteiger partial charge in [0.15, 0.2) is 6.04 Å². The summed E-state index contributed by atoms with van der Waals surface area (Å²) in [4.78, 5) is 52.7. The number of hydrogen-bond donors (Lipinski definition) is 9. The zero-order valence-electron chi connectivity index (χ0n) is 19.3. The van der Waals surface area contributed by atoms with Crippen LogP contribution in [0.2, 0.25) is 0 Å². The highest BCUT2D eigenvalue weighted by atomic mass is 32.1. The summed E-state index contributed by atoms with van der Waals surface area (Å²) in [5, 5.41) is 37.0. The van der Waals surface area contributed by atoms with E-state index in [1.165, 1.54) is 13.8 Å². The van der Waals surface area contributed by atoms with Crippen LogP contribution >= 0.6 is 12.6 Å². The predicted molar refractivity (Wildman–Crippen MR) is 131 cm³/mol. The number of H-pyrrole nitrogens is 1. The number of aromatic amines is 1. The Labute approximate surface area is 207 Å². The fourth-order valence-corrected chi connectivity index (χ4v) is 3.55. The third kappa shape index (κ3) is 7.42. The molecule has 13 heteroatoms. The molecule has 0 aliphatic rings. The van der Waals surface area contributed by atoms with Crippen molar-refractivity contribution in [2.75, 3.05) is 5.75 Å². The third-order valence-corrected chi connectivity index (χ3v) is 5.77. The van der Waals surface area contributed by atoms with Crippen molar-refractivity contribution in [3.8, 4) is 0 Å². The van der Waals surface area contributed by atoms with Gasteiger partial charge in [0.05, 0.1) is 18.2 Å². The SMILES string of the molecule is CC(O)C(NC(=O)C(Cc1c[nH]c2ccccc12)NC(=O)C(NC(=O)C(N)CS)C(C)O)C(=O)O. The van der Waals surface area contributed by atoms with Gasteiger partial charge in [0.1, 0.15) is 12.1 Å². The number of para-hydroxylation sites is 1. The minimum Gasteiger partial charge on any atom is -0.480 e. The number of benzene rings is 1. The Bertz CT molecular complexity index is 1060. The molecule has 6 atom stereocenters. The van der Waals surface area contributed by atoms with E-state index in [9.17, 15) is 34.5 Å². The van der Waals surface area contributed by atoms with E-state index in [-0.39, 0.29) is 12.2 Å². The lowest BCUT2D eigenvalue weighted by Gasteiger charge is -2.26. The Hall–Kier alpha value is -3.13. The number of carbonyl (C=O) groups is 4. The van der Waals surface area contributed by atoms with Gasteiger partial charge in [0.25, 0.3) is 0 Å². The molecule has 1 heterocycles. The molecule has 1 aromatic heterocycles. The van der Waals surface area contributed by atoms with Crippen LogP contribution in [-0.4, -0.2) is 86.1 Å². The molecule has 192 valence electrons. The van der Waals surface area contributed by atoms with E-state index >= 15 is 0 Å². The van der Waals surface area contributed by atoms with Crippen LogP contribution in [0, 0.1) is 0 Å². The van der Waals surface area contributed by atoms with Gasteiger partial charge in [-0.15, -0.1) is 0 Å². The molecule has 12 nitrogen and oxygen atoms in total. The first-order valence-electron chi connectivity index (χ1n) is 10.9. The molecular weight excluding hydrogens is 478 g/mol. The lowest BCUT2D eigenvalue weighted by molar-refractivity contribution is -0.145. The van der Waals surface area contributed by atoms with Crippen molar-refractivity contribution in [2.24, 2.45) is 5.73 Å². The van der Waals surface area contributed by atoms with Gasteiger partial charge in [-0.05, 0) is 25.5 Å². The predicted octanol–water partition coefficient (Wildman–Crippen LogP) is -1.73. The Morgan fingerprint density at radius 2 is 1.57 bits per heavy atom. The van der Waals surface area contributed by atoms with Gasteiger partial charge in [0.2, 0.25) is 17.7 Å². The number of rotatable bonds is 12. The molecule has 0 aliphatic carbocycles. The van der Waals surface area contributed by atoms with Crippen molar-refractivity contribution in [3.05, 3.63) is 36.0 Å². The highest BCUT2D eigenvalue weighted by molar-refractivity contribution is 7.80. The first-order chi connectivity index (χ1) is 16.5. The van der Waals surface area contributed by atoms with Gasteiger partial charge in [-0.3, -0.25) is 14.4 Å². The number of amides is 3. The van der Waals surface area contributed by atoms with Crippen molar-refractivity contribution < 1.29 is 34.5 Å². The summed E-state index contributed by atoms with van der Waals surface area (Å²) in [6, 6.07) is 1.85. The average Bonchev–Trinajstić information content (AvgIpc) is 3.21. The van der Waals surface area contributed by atoms with Crippen LogP contribution in [0.4, 0.5) is 0 Å². The molecule has 2 rings (SSSR count). The largest absolute Gasteiger partial charge is 0.480 e. The number of aliphatic carboxylic acids is 1. The number of aliphatic hydroxyl groups excluding tert-OH is 2. The number of carbonyl (C=O) groups excluding carboxylic acids is 3. The average molecular weight is 510 g/mol. The quantitative estimate of drug-likeness (QED) is 0.150. The number of nitrogens with two attached hydrogens (primary N) is 1. The molecule has 35 heavy (non-hydrogen) atoms. The summed E-state index contributed by atoms with van der Waals surface area (Å²) in [6.45, 7) is 2.48. The number of thiol groups is 1. The Morgan fingerprint density at radius 1 is 0.971 bits per heavy atom. The molecule has 0 spiro atoms. The molecule has 0 saturated carbocycles. The van der Waals surface area contributed by atoms with Crippen molar-refractivity contribution in [2.45, 2.75) is 56.6 Å². The number of carboxylic acids is 1. The summed E-state index contributed by atoms with van der Waals surface area (Å²) in [5.41, 5.74) is 7.06. The smallest absolute Gasteiger partial charge is 0.328 e. The molecule has 2 aromatic rings. The number of carboxylic acid groups (broad SMARTS) is 1. The van der Waals surface area contributed by atoms with Gasteiger partial charge in [-0.2, -0.15) is 12.6 Å². The van der Waals surface area contributed by atoms with Crippen LogP contribution in [0.15, 0.2) is 30.5 Å². The van der Waals surface area contributed by atoms with E-state index in [1.54, 1.807) is 12.3 Å². The highest BCUT2D eigenvalue weighted by Crippen LogP contribution is 2.19. The standard InChI is InChI=1S/C22H31N5O7S/c1-10(28)17(26-19(30)14(23)9-35)21(32)25-16(20(31)27-18(11(2)29)22(33)34)7-12-8-24-15-6-4-3-5-13(12)15/h3-6,8,10-11,14,16-18,24,28-29,35H,7,9,23H2,1-2H3,(H,25,32)(H,26,30)(H,27,31)(H,33,34). The van der Waals surface area contributed by atoms with E-state index in [4.69, 9.17) is 5.73 Å². The first kappa shape index (κ1) is 28.1. The number of fused-ring (bicyclic) bond motifs is 1. The van der Waals surface area contributed by atoms with E-state index in [0.29, 0.717) is 5.56 Å². The fourth-order valence-electron chi connectivity index (χ4n) is 3.38.